The Bertz CT molecular complexity index is 328. The first-order chi connectivity index (χ1) is 6.25. The largest absolute Gasteiger partial charge is 0.506 e. The van der Waals surface area contributed by atoms with Crippen molar-refractivity contribution in [3.63, 3.8) is 0 Å². The summed E-state index contributed by atoms with van der Waals surface area (Å²) in [7, 11) is 0. The van der Waals surface area contributed by atoms with Crippen molar-refractivity contribution in [1.29, 1.82) is 5.26 Å². The number of anilines is 1. The lowest BCUT2D eigenvalue weighted by Gasteiger charge is -2.05. The number of nitriles is 1. The maximum atomic E-state index is 9.27. The van der Waals surface area contributed by atoms with Crippen molar-refractivity contribution in [2.24, 2.45) is 0 Å². The zero-order valence-electron chi connectivity index (χ0n) is 7.33. The number of hydrogen-bond donors (Lipinski definition) is 2. The molecule has 0 bridgehead atoms. The van der Waals surface area contributed by atoms with Crippen molar-refractivity contribution < 1.29 is 5.11 Å². The van der Waals surface area contributed by atoms with Crippen molar-refractivity contribution in [3.8, 4) is 11.8 Å². The number of nitrogens with two attached hydrogens (primary N) is 1. The summed E-state index contributed by atoms with van der Waals surface area (Å²) in [5.74, 6) is 0.120. The Morgan fingerprint density at radius 1 is 1.46 bits per heavy atom. The minimum atomic E-state index is 0.120. The molecule has 0 unspecified atom stereocenters. The molecular formula is C10H12N2O. The molecule has 68 valence electrons. The predicted molar refractivity (Wildman–Crippen MR) is 51.1 cm³/mol. The highest BCUT2D eigenvalue weighted by atomic mass is 16.3. The molecule has 0 aromatic heterocycles. The molecule has 0 saturated heterocycles. The van der Waals surface area contributed by atoms with Gasteiger partial charge in [-0.15, -0.1) is 0 Å². The fraction of sp³-hybridized carbons (Fsp3) is 0.300. The highest BCUT2D eigenvalue weighted by Gasteiger charge is 2.02. The molecule has 0 amide bonds. The topological polar surface area (TPSA) is 70.0 Å². The summed E-state index contributed by atoms with van der Waals surface area (Å²) < 4.78 is 0. The first-order valence-electron chi connectivity index (χ1n) is 4.19. The van der Waals surface area contributed by atoms with Crippen LogP contribution in [-0.4, -0.2) is 5.11 Å². The lowest BCUT2D eigenvalue weighted by molar-refractivity contribution is 0.477. The summed E-state index contributed by atoms with van der Waals surface area (Å²) in [5.41, 5.74) is 6.98. The van der Waals surface area contributed by atoms with Crippen LogP contribution in [-0.2, 0) is 6.42 Å². The normalized spacial score (nSPS) is 9.46. The summed E-state index contributed by atoms with van der Waals surface area (Å²) in [5, 5.41) is 17.6. The Hall–Kier alpha value is -1.69. The van der Waals surface area contributed by atoms with Gasteiger partial charge >= 0.3 is 0 Å². The number of rotatable bonds is 3. The van der Waals surface area contributed by atoms with Crippen LogP contribution < -0.4 is 5.73 Å². The van der Waals surface area contributed by atoms with Gasteiger partial charge in [-0.25, -0.2) is 0 Å². The van der Waals surface area contributed by atoms with Crippen LogP contribution in [0.15, 0.2) is 18.2 Å². The zero-order chi connectivity index (χ0) is 9.68. The molecule has 3 N–H and O–H groups in total. The summed E-state index contributed by atoms with van der Waals surface area (Å²) in [4.78, 5) is 0. The number of unbranched alkanes of at least 4 members (excludes halogenated alkanes) is 1. The number of aromatic hydroxyl groups is 1. The summed E-state index contributed by atoms with van der Waals surface area (Å²) in [6.07, 6.45) is 2.05. The highest BCUT2D eigenvalue weighted by molar-refractivity contribution is 5.57. The second kappa shape index (κ2) is 4.36. The van der Waals surface area contributed by atoms with Gasteiger partial charge in [-0.1, -0.05) is 12.1 Å². The molecule has 0 aliphatic rings. The maximum Gasteiger partial charge on any atom is 0.138 e. The van der Waals surface area contributed by atoms with Gasteiger partial charge in [0.1, 0.15) is 5.75 Å². The molecule has 0 aliphatic carbocycles. The van der Waals surface area contributed by atoms with E-state index >= 15 is 0 Å². The van der Waals surface area contributed by atoms with E-state index < -0.39 is 0 Å². The molecule has 1 aromatic rings. The third-order valence-corrected chi connectivity index (χ3v) is 1.91. The number of nitrogens with zero attached hydrogens (tertiary/aromatic N) is 1. The Morgan fingerprint density at radius 3 is 2.92 bits per heavy atom. The molecule has 1 aromatic carbocycles. The molecule has 0 heterocycles. The van der Waals surface area contributed by atoms with E-state index in [0.717, 1.165) is 18.4 Å². The van der Waals surface area contributed by atoms with Crippen LogP contribution in [0.1, 0.15) is 18.4 Å². The molecule has 13 heavy (non-hydrogen) atoms. The SMILES string of the molecule is N#CCCCc1cccc(O)c1N. The van der Waals surface area contributed by atoms with E-state index in [1.54, 1.807) is 12.1 Å². The Morgan fingerprint density at radius 2 is 2.23 bits per heavy atom. The average molecular weight is 176 g/mol. The van der Waals surface area contributed by atoms with E-state index in [4.69, 9.17) is 11.0 Å². The number of benzene rings is 1. The average Bonchev–Trinajstić information content (AvgIpc) is 2.13. The Balaban J connectivity index is 2.67. The molecule has 0 atom stereocenters. The number of phenolic OH excluding ortho intramolecular Hbond substituents is 1. The van der Waals surface area contributed by atoms with Crippen molar-refractivity contribution in [2.45, 2.75) is 19.3 Å². The van der Waals surface area contributed by atoms with Gasteiger partial charge in [0.25, 0.3) is 0 Å². The molecule has 3 nitrogen and oxygen atoms in total. The third-order valence-electron chi connectivity index (χ3n) is 1.91. The monoisotopic (exact) mass is 176 g/mol. The molecule has 0 fully saturated rings. The summed E-state index contributed by atoms with van der Waals surface area (Å²) >= 11 is 0. The van der Waals surface area contributed by atoms with Crippen molar-refractivity contribution in [2.75, 3.05) is 5.73 Å². The first-order valence-corrected chi connectivity index (χ1v) is 4.19. The van der Waals surface area contributed by atoms with Gasteiger partial charge in [0.15, 0.2) is 0 Å². The van der Waals surface area contributed by atoms with E-state index in [-0.39, 0.29) is 5.75 Å². The lowest BCUT2D eigenvalue weighted by atomic mass is 10.1. The van der Waals surface area contributed by atoms with Crippen LogP contribution in [0.4, 0.5) is 5.69 Å². The minimum absolute atomic E-state index is 0.120. The van der Waals surface area contributed by atoms with Crippen molar-refractivity contribution in [3.05, 3.63) is 23.8 Å². The van der Waals surface area contributed by atoms with Gasteiger partial charge in [0, 0.05) is 6.42 Å². The molecule has 1 rings (SSSR count). The van der Waals surface area contributed by atoms with Gasteiger partial charge in [-0.2, -0.15) is 5.26 Å². The Labute approximate surface area is 77.4 Å². The number of para-hydroxylation sites is 1. The van der Waals surface area contributed by atoms with Crippen LogP contribution in [0.2, 0.25) is 0 Å². The highest BCUT2D eigenvalue weighted by Crippen LogP contribution is 2.24. The van der Waals surface area contributed by atoms with Crippen molar-refractivity contribution >= 4 is 5.69 Å². The van der Waals surface area contributed by atoms with E-state index in [1.165, 1.54) is 0 Å². The fourth-order valence-electron chi connectivity index (χ4n) is 1.18. The number of aryl methyl sites for hydroxylation is 1. The summed E-state index contributed by atoms with van der Waals surface area (Å²) in [6.45, 7) is 0. The van der Waals surface area contributed by atoms with Crippen LogP contribution >= 0.6 is 0 Å². The third kappa shape index (κ3) is 2.38. The number of hydrogen-bond acceptors (Lipinski definition) is 3. The van der Waals surface area contributed by atoms with Gasteiger partial charge in [-0.3, -0.25) is 0 Å². The van der Waals surface area contributed by atoms with E-state index in [9.17, 15) is 5.11 Å². The lowest BCUT2D eigenvalue weighted by Crippen LogP contribution is -1.94. The van der Waals surface area contributed by atoms with Crippen LogP contribution in [0, 0.1) is 11.3 Å². The smallest absolute Gasteiger partial charge is 0.138 e. The molecule has 0 radical (unpaired) electrons. The first kappa shape index (κ1) is 9.40. The molecule has 0 aliphatic heterocycles. The van der Waals surface area contributed by atoms with Crippen molar-refractivity contribution in [1.82, 2.24) is 0 Å². The number of nitrogen functional groups attached to an aromatic ring is 1. The second-order valence-corrected chi connectivity index (χ2v) is 2.86. The quantitative estimate of drug-likeness (QED) is 0.419. The van der Waals surface area contributed by atoms with Crippen LogP contribution in [0.5, 0.6) is 5.75 Å². The number of phenols is 1. The maximum absolute atomic E-state index is 9.27. The standard InChI is InChI=1S/C10H12N2O/c11-7-2-1-4-8-5-3-6-9(13)10(8)12/h3,5-6,13H,1-2,4,12H2. The zero-order valence-corrected chi connectivity index (χ0v) is 7.33. The van der Waals surface area contributed by atoms with E-state index in [1.807, 2.05) is 6.07 Å². The molecule has 0 spiro atoms. The van der Waals surface area contributed by atoms with Gasteiger partial charge < -0.3 is 10.8 Å². The van der Waals surface area contributed by atoms with Gasteiger partial charge in [0.2, 0.25) is 0 Å². The van der Waals surface area contributed by atoms with Gasteiger partial charge in [0.05, 0.1) is 11.8 Å². The van der Waals surface area contributed by atoms with E-state index in [2.05, 4.69) is 6.07 Å². The summed E-state index contributed by atoms with van der Waals surface area (Å²) in [6, 6.07) is 7.25. The second-order valence-electron chi connectivity index (χ2n) is 2.86. The van der Waals surface area contributed by atoms with Crippen LogP contribution in [0.25, 0.3) is 0 Å². The molecule has 3 heteroatoms. The predicted octanol–water partition coefficient (Wildman–Crippen LogP) is 1.82. The fourth-order valence-corrected chi connectivity index (χ4v) is 1.18. The molecular weight excluding hydrogens is 164 g/mol. The van der Waals surface area contributed by atoms with Gasteiger partial charge in [-0.05, 0) is 24.5 Å². The molecule has 0 saturated carbocycles. The van der Waals surface area contributed by atoms with E-state index in [0.29, 0.717) is 12.1 Å². The minimum Gasteiger partial charge on any atom is -0.506 e. The van der Waals surface area contributed by atoms with Crippen LogP contribution in [0.3, 0.4) is 0 Å². The Kier molecular flexibility index (Phi) is 3.15.